The van der Waals surface area contributed by atoms with Crippen molar-refractivity contribution >= 4 is 0 Å². The Balaban J connectivity index is 2.68. The molecule has 0 fully saturated rings. The Morgan fingerprint density at radius 2 is 1.93 bits per heavy atom. The standard InChI is InChI=1S/C13H16O/c1-3-5-8-12-9-6-7-10-13(12)14-11-4-2/h3-4,6-7,9-10H,1-2,5,8,11H2. The SMILES string of the molecule is C=CCCc1ccccc1OCC=C. The Hall–Kier alpha value is -1.50. The maximum Gasteiger partial charge on any atom is 0.122 e. The predicted molar refractivity (Wildman–Crippen MR) is 60.7 cm³/mol. The van der Waals surface area contributed by atoms with Crippen molar-refractivity contribution < 1.29 is 4.74 Å². The molecule has 0 N–H and O–H groups in total. The molecule has 0 spiro atoms. The number of ether oxygens (including phenoxy) is 1. The molecule has 0 aliphatic rings. The fourth-order valence-corrected chi connectivity index (χ4v) is 1.26. The summed E-state index contributed by atoms with van der Waals surface area (Å²) in [6.45, 7) is 7.90. The van der Waals surface area contributed by atoms with Crippen LogP contribution in [0.4, 0.5) is 0 Å². The topological polar surface area (TPSA) is 9.23 Å². The van der Waals surface area contributed by atoms with Gasteiger partial charge in [0.1, 0.15) is 12.4 Å². The zero-order valence-electron chi connectivity index (χ0n) is 8.41. The Morgan fingerprint density at radius 3 is 2.64 bits per heavy atom. The van der Waals surface area contributed by atoms with Crippen LogP contribution in [-0.4, -0.2) is 6.61 Å². The number of para-hydroxylation sites is 1. The summed E-state index contributed by atoms with van der Waals surface area (Å²) in [7, 11) is 0. The third kappa shape index (κ3) is 3.09. The minimum absolute atomic E-state index is 0.561. The van der Waals surface area contributed by atoms with Crippen LogP contribution in [0.15, 0.2) is 49.6 Å². The predicted octanol–water partition coefficient (Wildman–Crippen LogP) is 3.37. The van der Waals surface area contributed by atoms with Gasteiger partial charge in [0.05, 0.1) is 0 Å². The molecule has 0 aliphatic heterocycles. The summed E-state index contributed by atoms with van der Waals surface area (Å²) in [6.07, 6.45) is 5.64. The van der Waals surface area contributed by atoms with E-state index in [1.807, 2.05) is 24.3 Å². The van der Waals surface area contributed by atoms with E-state index < -0.39 is 0 Å². The molecule has 74 valence electrons. The maximum atomic E-state index is 5.53. The zero-order chi connectivity index (χ0) is 10.2. The third-order valence-corrected chi connectivity index (χ3v) is 1.95. The molecule has 0 atom stereocenters. The molecular weight excluding hydrogens is 172 g/mol. The largest absolute Gasteiger partial charge is 0.489 e. The average molecular weight is 188 g/mol. The normalized spacial score (nSPS) is 9.43. The fourth-order valence-electron chi connectivity index (χ4n) is 1.26. The molecule has 0 heterocycles. The van der Waals surface area contributed by atoms with E-state index in [1.165, 1.54) is 5.56 Å². The number of hydrogen-bond donors (Lipinski definition) is 0. The van der Waals surface area contributed by atoms with E-state index >= 15 is 0 Å². The van der Waals surface area contributed by atoms with Crippen LogP contribution >= 0.6 is 0 Å². The fraction of sp³-hybridized carbons (Fsp3) is 0.231. The first-order chi connectivity index (χ1) is 6.88. The highest BCUT2D eigenvalue weighted by Gasteiger charge is 2.00. The second kappa shape index (κ2) is 6.03. The van der Waals surface area contributed by atoms with E-state index in [-0.39, 0.29) is 0 Å². The van der Waals surface area contributed by atoms with E-state index in [4.69, 9.17) is 4.74 Å². The summed E-state index contributed by atoms with van der Waals surface area (Å²) in [5, 5.41) is 0. The van der Waals surface area contributed by atoms with Crippen molar-refractivity contribution in [1.82, 2.24) is 0 Å². The molecule has 0 saturated heterocycles. The van der Waals surface area contributed by atoms with E-state index in [0.717, 1.165) is 18.6 Å². The Kier molecular flexibility index (Phi) is 4.56. The first-order valence-corrected chi connectivity index (χ1v) is 4.81. The van der Waals surface area contributed by atoms with Gasteiger partial charge in [0.25, 0.3) is 0 Å². The van der Waals surface area contributed by atoms with E-state index in [2.05, 4.69) is 19.2 Å². The quantitative estimate of drug-likeness (QED) is 0.622. The van der Waals surface area contributed by atoms with Crippen molar-refractivity contribution in [1.29, 1.82) is 0 Å². The second-order valence-corrected chi connectivity index (χ2v) is 3.03. The highest BCUT2D eigenvalue weighted by atomic mass is 16.5. The van der Waals surface area contributed by atoms with Gasteiger partial charge in [-0.3, -0.25) is 0 Å². The van der Waals surface area contributed by atoms with Gasteiger partial charge in [-0.25, -0.2) is 0 Å². The number of allylic oxidation sites excluding steroid dienone is 1. The molecule has 0 saturated carbocycles. The van der Waals surface area contributed by atoms with Crippen LogP contribution in [0, 0.1) is 0 Å². The second-order valence-electron chi connectivity index (χ2n) is 3.03. The van der Waals surface area contributed by atoms with Crippen LogP contribution in [0.2, 0.25) is 0 Å². The van der Waals surface area contributed by atoms with Crippen LogP contribution in [0.1, 0.15) is 12.0 Å². The van der Waals surface area contributed by atoms with Crippen molar-refractivity contribution in [3.8, 4) is 5.75 Å². The molecule has 0 aliphatic carbocycles. The molecule has 0 aromatic heterocycles. The smallest absolute Gasteiger partial charge is 0.122 e. The Morgan fingerprint density at radius 1 is 1.14 bits per heavy atom. The van der Waals surface area contributed by atoms with Crippen molar-refractivity contribution in [2.24, 2.45) is 0 Å². The summed E-state index contributed by atoms with van der Waals surface area (Å²) in [5.74, 6) is 0.953. The van der Waals surface area contributed by atoms with Crippen LogP contribution in [0.3, 0.4) is 0 Å². The van der Waals surface area contributed by atoms with Gasteiger partial charge >= 0.3 is 0 Å². The van der Waals surface area contributed by atoms with Gasteiger partial charge in [-0.05, 0) is 24.5 Å². The lowest BCUT2D eigenvalue weighted by Gasteiger charge is -2.08. The molecule has 1 aromatic carbocycles. The minimum Gasteiger partial charge on any atom is -0.489 e. The summed E-state index contributed by atoms with van der Waals surface area (Å²) < 4.78 is 5.53. The van der Waals surface area contributed by atoms with Gasteiger partial charge in [-0.15, -0.1) is 6.58 Å². The van der Waals surface area contributed by atoms with Gasteiger partial charge < -0.3 is 4.74 Å². The first kappa shape index (κ1) is 10.6. The van der Waals surface area contributed by atoms with E-state index in [0.29, 0.717) is 6.61 Å². The molecule has 0 radical (unpaired) electrons. The zero-order valence-corrected chi connectivity index (χ0v) is 8.41. The van der Waals surface area contributed by atoms with Crippen molar-refractivity contribution in [3.05, 3.63) is 55.1 Å². The summed E-state index contributed by atoms with van der Waals surface area (Å²) >= 11 is 0. The van der Waals surface area contributed by atoms with Crippen LogP contribution in [0.5, 0.6) is 5.75 Å². The molecule has 1 heteroatoms. The average Bonchev–Trinajstić information content (AvgIpc) is 2.24. The summed E-state index contributed by atoms with van der Waals surface area (Å²) in [5.41, 5.74) is 1.23. The Bertz CT molecular complexity index is 271. The van der Waals surface area contributed by atoms with Crippen LogP contribution < -0.4 is 4.74 Å². The summed E-state index contributed by atoms with van der Waals surface area (Å²) in [4.78, 5) is 0. The van der Waals surface area contributed by atoms with Gasteiger partial charge in [0.15, 0.2) is 0 Å². The number of aryl methyl sites for hydroxylation is 1. The summed E-state index contributed by atoms with van der Waals surface area (Å²) in [6, 6.07) is 8.08. The van der Waals surface area contributed by atoms with Crippen molar-refractivity contribution in [2.75, 3.05) is 6.61 Å². The molecule has 1 rings (SSSR count). The monoisotopic (exact) mass is 188 g/mol. The van der Waals surface area contributed by atoms with Crippen LogP contribution in [0.25, 0.3) is 0 Å². The third-order valence-electron chi connectivity index (χ3n) is 1.95. The van der Waals surface area contributed by atoms with Crippen molar-refractivity contribution in [2.45, 2.75) is 12.8 Å². The molecule has 0 unspecified atom stereocenters. The molecule has 14 heavy (non-hydrogen) atoms. The van der Waals surface area contributed by atoms with E-state index in [9.17, 15) is 0 Å². The first-order valence-electron chi connectivity index (χ1n) is 4.81. The molecule has 0 bridgehead atoms. The van der Waals surface area contributed by atoms with Crippen LogP contribution in [-0.2, 0) is 6.42 Å². The molecule has 0 amide bonds. The Labute approximate surface area is 85.7 Å². The lowest BCUT2D eigenvalue weighted by Crippen LogP contribution is -1.96. The molecular formula is C13H16O. The molecule has 1 aromatic rings. The van der Waals surface area contributed by atoms with Gasteiger partial charge in [0, 0.05) is 0 Å². The highest BCUT2D eigenvalue weighted by molar-refractivity contribution is 5.33. The van der Waals surface area contributed by atoms with E-state index in [1.54, 1.807) is 6.08 Å². The number of benzene rings is 1. The molecule has 1 nitrogen and oxygen atoms in total. The van der Waals surface area contributed by atoms with Gasteiger partial charge in [-0.2, -0.15) is 0 Å². The minimum atomic E-state index is 0.561. The highest BCUT2D eigenvalue weighted by Crippen LogP contribution is 2.19. The lowest BCUT2D eigenvalue weighted by atomic mass is 10.1. The van der Waals surface area contributed by atoms with Gasteiger partial charge in [-0.1, -0.05) is 36.9 Å². The van der Waals surface area contributed by atoms with Gasteiger partial charge in [0.2, 0.25) is 0 Å². The number of rotatable bonds is 6. The lowest BCUT2D eigenvalue weighted by molar-refractivity contribution is 0.359. The maximum absolute atomic E-state index is 5.53. The van der Waals surface area contributed by atoms with Crippen molar-refractivity contribution in [3.63, 3.8) is 0 Å². The number of hydrogen-bond acceptors (Lipinski definition) is 1.